The Bertz CT molecular complexity index is 1250. The van der Waals surface area contributed by atoms with Gasteiger partial charge in [0.2, 0.25) is 0 Å². The molecule has 2 aromatic carbocycles. The SMILES string of the molecule is CC(C)(C)OC(=O)N1CCC(N)CC1.COc1cc(F)ccc1[N+](=O)[O-].COc1cc(NC2CC[NH2+]CC2)ccc1[N+](=O)[O-].[Cl-]. The fraction of sp³-hybridized carbons (Fsp3) is 0.552. The van der Waals surface area contributed by atoms with Crippen LogP contribution in [0.15, 0.2) is 36.4 Å². The highest BCUT2D eigenvalue weighted by atomic mass is 35.5. The Morgan fingerprint density at radius 3 is 1.96 bits per heavy atom. The third-order valence-corrected chi connectivity index (χ3v) is 6.72. The first-order valence-electron chi connectivity index (χ1n) is 14.4. The van der Waals surface area contributed by atoms with Gasteiger partial charge in [-0.2, -0.15) is 0 Å². The van der Waals surface area contributed by atoms with Gasteiger partial charge in [0.05, 0.1) is 37.2 Å². The number of ether oxygens (including phenoxy) is 3. The number of piperidine rings is 2. The van der Waals surface area contributed by atoms with Crippen molar-refractivity contribution in [2.24, 2.45) is 5.73 Å². The number of anilines is 1. The van der Waals surface area contributed by atoms with Gasteiger partial charge in [-0.25, -0.2) is 9.18 Å². The minimum atomic E-state index is -0.627. The second kappa shape index (κ2) is 18.8. The molecule has 2 aliphatic rings. The predicted molar refractivity (Wildman–Crippen MR) is 163 cm³/mol. The van der Waals surface area contributed by atoms with Crippen LogP contribution in [0, 0.1) is 26.0 Å². The molecule has 0 bridgehead atoms. The first-order valence-corrected chi connectivity index (χ1v) is 14.4. The van der Waals surface area contributed by atoms with E-state index in [-0.39, 0.29) is 41.7 Å². The number of nitrogens with two attached hydrogens (primary N) is 2. The Kier molecular flexibility index (Phi) is 16.3. The second-order valence-electron chi connectivity index (χ2n) is 11.3. The van der Waals surface area contributed by atoms with Crippen LogP contribution in [0.5, 0.6) is 11.5 Å². The second-order valence-corrected chi connectivity index (χ2v) is 11.3. The molecule has 45 heavy (non-hydrogen) atoms. The van der Waals surface area contributed by atoms with Gasteiger partial charge in [-0.05, 0) is 45.7 Å². The van der Waals surface area contributed by atoms with E-state index < -0.39 is 21.3 Å². The molecular formula is C29H44ClFN6O8. The lowest BCUT2D eigenvalue weighted by Gasteiger charge is -2.32. The Balaban J connectivity index is 0.000000342. The van der Waals surface area contributed by atoms with Gasteiger partial charge in [-0.1, -0.05) is 0 Å². The highest BCUT2D eigenvalue weighted by Crippen LogP contribution is 2.30. The fourth-order valence-corrected chi connectivity index (χ4v) is 4.44. The number of hydrogen-bond donors (Lipinski definition) is 3. The number of carbonyl (C=O) groups excluding carboxylic acids is 1. The van der Waals surface area contributed by atoms with Gasteiger partial charge in [-0.15, -0.1) is 0 Å². The molecule has 4 rings (SSSR count). The normalized spacial score (nSPS) is 15.1. The Hall–Kier alpha value is -3.95. The number of halogens is 2. The quantitative estimate of drug-likeness (QED) is 0.296. The highest BCUT2D eigenvalue weighted by Gasteiger charge is 2.25. The molecule has 0 spiro atoms. The topological polar surface area (TPSA) is 189 Å². The lowest BCUT2D eigenvalue weighted by molar-refractivity contribution is -0.662. The average Bonchev–Trinajstić information content (AvgIpc) is 2.97. The number of hydrogen-bond acceptors (Lipinski definition) is 10. The van der Waals surface area contributed by atoms with Crippen LogP contribution in [0.1, 0.15) is 46.5 Å². The fourth-order valence-electron chi connectivity index (χ4n) is 4.44. The van der Waals surface area contributed by atoms with Crippen LogP contribution >= 0.6 is 0 Å². The molecule has 0 saturated carbocycles. The number of nitro benzene ring substituents is 2. The lowest BCUT2D eigenvalue weighted by atomic mass is 10.1. The zero-order valence-corrected chi connectivity index (χ0v) is 27.0. The first kappa shape index (κ1) is 39.1. The Morgan fingerprint density at radius 1 is 0.956 bits per heavy atom. The van der Waals surface area contributed by atoms with Gasteiger partial charge >= 0.3 is 17.5 Å². The molecule has 0 atom stereocenters. The molecule has 252 valence electrons. The molecule has 2 aliphatic heterocycles. The van der Waals surface area contributed by atoms with E-state index in [0.29, 0.717) is 11.8 Å². The van der Waals surface area contributed by atoms with Crippen molar-refractivity contribution in [1.29, 1.82) is 0 Å². The van der Waals surface area contributed by atoms with E-state index in [1.54, 1.807) is 17.0 Å². The molecule has 2 fully saturated rings. The number of benzene rings is 2. The summed E-state index contributed by atoms with van der Waals surface area (Å²) in [5.41, 5.74) is 5.98. The van der Waals surface area contributed by atoms with Crippen LogP contribution in [0.4, 0.5) is 26.2 Å². The number of nitro groups is 2. The van der Waals surface area contributed by atoms with Crippen LogP contribution in [-0.4, -0.2) is 78.9 Å². The van der Waals surface area contributed by atoms with Gasteiger partial charge in [0.15, 0.2) is 11.5 Å². The van der Waals surface area contributed by atoms with E-state index in [1.807, 2.05) is 20.8 Å². The maximum Gasteiger partial charge on any atom is 0.410 e. The third-order valence-electron chi connectivity index (χ3n) is 6.72. The number of rotatable bonds is 6. The van der Waals surface area contributed by atoms with Gasteiger partial charge in [0.1, 0.15) is 11.4 Å². The molecule has 2 aromatic rings. The number of carbonyl (C=O) groups is 1. The van der Waals surface area contributed by atoms with Gasteiger partial charge < -0.3 is 47.9 Å². The van der Waals surface area contributed by atoms with Crippen molar-refractivity contribution < 1.29 is 51.0 Å². The van der Waals surface area contributed by atoms with Crippen LogP contribution in [0.3, 0.4) is 0 Å². The smallest absolute Gasteiger partial charge is 0.410 e. The van der Waals surface area contributed by atoms with Gasteiger partial charge in [0, 0.05) is 68.0 Å². The molecular weight excluding hydrogens is 615 g/mol. The van der Waals surface area contributed by atoms with Crippen molar-refractivity contribution in [3.8, 4) is 11.5 Å². The van der Waals surface area contributed by atoms with E-state index in [0.717, 1.165) is 75.7 Å². The summed E-state index contributed by atoms with van der Waals surface area (Å²) in [5, 5.41) is 26.8. The van der Waals surface area contributed by atoms with Crippen LogP contribution < -0.4 is 38.2 Å². The number of methoxy groups -OCH3 is 2. The standard InChI is InChI=1S/C12H17N3O3.C10H20N2O2.C7H6FNO3.ClH/c1-18-12-8-10(2-3-11(12)15(16)17)14-9-4-6-13-7-5-9;1-10(2,3)14-9(13)12-6-4-8(11)5-7-12;1-12-7-4-5(8)2-3-6(7)9(10)11;/h2-3,8-9,13-14H,4-7H2,1H3;8H,4-7,11H2,1-3H3;2-4H,1H3;1H. The molecule has 0 radical (unpaired) electrons. The van der Waals surface area contributed by atoms with E-state index in [2.05, 4.69) is 15.4 Å². The Morgan fingerprint density at radius 2 is 1.47 bits per heavy atom. The summed E-state index contributed by atoms with van der Waals surface area (Å²) in [6.45, 7) is 9.32. The molecule has 2 saturated heterocycles. The van der Waals surface area contributed by atoms with Crippen molar-refractivity contribution in [1.82, 2.24) is 4.90 Å². The zero-order valence-electron chi connectivity index (χ0n) is 26.3. The van der Waals surface area contributed by atoms with Crippen LogP contribution in [0.2, 0.25) is 0 Å². The zero-order chi connectivity index (χ0) is 32.9. The summed E-state index contributed by atoms with van der Waals surface area (Å²) in [6.07, 6.45) is 3.75. The molecule has 0 aromatic heterocycles. The third kappa shape index (κ3) is 13.7. The van der Waals surface area contributed by atoms with E-state index in [1.165, 1.54) is 20.3 Å². The van der Waals surface area contributed by atoms with Crippen molar-refractivity contribution >= 4 is 23.2 Å². The highest BCUT2D eigenvalue weighted by molar-refractivity contribution is 5.68. The first-order chi connectivity index (χ1) is 20.7. The van der Waals surface area contributed by atoms with E-state index in [9.17, 15) is 29.4 Å². The molecule has 0 unspecified atom stereocenters. The number of nitrogens with one attached hydrogen (secondary N) is 1. The van der Waals surface area contributed by atoms with Crippen molar-refractivity contribution in [2.45, 2.75) is 64.1 Å². The minimum Gasteiger partial charge on any atom is -1.00 e. The summed E-state index contributed by atoms with van der Waals surface area (Å²) in [6, 6.07) is 8.65. The molecule has 14 nitrogen and oxygen atoms in total. The minimum absolute atomic E-state index is 0. The van der Waals surface area contributed by atoms with E-state index >= 15 is 0 Å². The lowest BCUT2D eigenvalue weighted by Crippen LogP contribution is -3.00. The van der Waals surface area contributed by atoms with Crippen molar-refractivity contribution in [2.75, 3.05) is 45.7 Å². The predicted octanol–water partition coefficient (Wildman–Crippen LogP) is 0.832. The monoisotopic (exact) mass is 658 g/mol. The summed E-state index contributed by atoms with van der Waals surface area (Å²) < 4.78 is 27.4. The van der Waals surface area contributed by atoms with Crippen LogP contribution in [0.25, 0.3) is 0 Å². The number of nitrogens with zero attached hydrogens (tertiary/aromatic N) is 3. The summed E-state index contributed by atoms with van der Waals surface area (Å²) in [5.74, 6) is -0.329. The van der Waals surface area contributed by atoms with Gasteiger partial charge in [0.25, 0.3) is 0 Å². The number of quaternary nitrogens is 1. The largest absolute Gasteiger partial charge is 1.00 e. The summed E-state index contributed by atoms with van der Waals surface area (Å²) in [4.78, 5) is 33.3. The molecule has 16 heteroatoms. The maximum atomic E-state index is 12.5. The number of amides is 1. The van der Waals surface area contributed by atoms with Crippen molar-refractivity contribution in [3.05, 3.63) is 62.4 Å². The van der Waals surface area contributed by atoms with Gasteiger partial charge in [-0.3, -0.25) is 20.2 Å². The average molecular weight is 659 g/mol. The molecule has 1 amide bonds. The number of likely N-dealkylation sites (tertiary alicyclic amines) is 1. The molecule has 5 N–H and O–H groups in total. The van der Waals surface area contributed by atoms with E-state index in [4.69, 9.17) is 15.2 Å². The van der Waals surface area contributed by atoms with Crippen molar-refractivity contribution in [3.63, 3.8) is 0 Å². The summed E-state index contributed by atoms with van der Waals surface area (Å²) in [7, 11) is 2.70. The molecule has 2 heterocycles. The Labute approximate surface area is 268 Å². The summed E-state index contributed by atoms with van der Waals surface area (Å²) >= 11 is 0. The maximum absolute atomic E-state index is 12.5. The molecule has 0 aliphatic carbocycles. The van der Waals surface area contributed by atoms with Crippen LogP contribution in [-0.2, 0) is 4.74 Å².